The lowest BCUT2D eigenvalue weighted by Gasteiger charge is -2.31. The largest absolute Gasteiger partial charge is 0.386 e. The second-order valence-corrected chi connectivity index (χ2v) is 4.98. The second-order valence-electron chi connectivity index (χ2n) is 4.98. The van der Waals surface area contributed by atoms with Gasteiger partial charge in [0.1, 0.15) is 0 Å². The van der Waals surface area contributed by atoms with Gasteiger partial charge in [-0.05, 0) is 25.8 Å². The van der Waals surface area contributed by atoms with Gasteiger partial charge in [-0.3, -0.25) is 4.99 Å². The van der Waals surface area contributed by atoms with Gasteiger partial charge in [0.2, 0.25) is 0 Å². The van der Waals surface area contributed by atoms with Crippen LogP contribution in [-0.4, -0.2) is 35.6 Å². The zero-order valence-electron chi connectivity index (χ0n) is 11.1. The van der Waals surface area contributed by atoms with Gasteiger partial charge in [0.15, 0.2) is 5.96 Å². The summed E-state index contributed by atoms with van der Waals surface area (Å²) in [5.41, 5.74) is 9.05. The lowest BCUT2D eigenvalue weighted by molar-refractivity contribution is 0.186. The first-order valence-corrected chi connectivity index (χ1v) is 6.37. The maximum absolute atomic E-state index is 10.1. The summed E-state index contributed by atoms with van der Waals surface area (Å²) in [5, 5.41) is 10.1. The van der Waals surface area contributed by atoms with Crippen molar-refractivity contribution in [2.24, 2.45) is 10.7 Å². The van der Waals surface area contributed by atoms with Gasteiger partial charge >= 0.3 is 0 Å². The van der Waals surface area contributed by atoms with Gasteiger partial charge in [0, 0.05) is 13.1 Å². The van der Waals surface area contributed by atoms with Gasteiger partial charge < -0.3 is 15.7 Å². The fourth-order valence-electron chi connectivity index (χ4n) is 2.13. The molecule has 1 aliphatic rings. The van der Waals surface area contributed by atoms with E-state index in [9.17, 15) is 5.11 Å². The molecule has 0 aromatic heterocycles. The van der Waals surface area contributed by atoms with E-state index in [-0.39, 0.29) is 0 Å². The summed E-state index contributed by atoms with van der Waals surface area (Å²) in [5.74, 6) is 0.546. The van der Waals surface area contributed by atoms with Gasteiger partial charge in [-0.15, -0.1) is 0 Å². The maximum Gasteiger partial charge on any atom is 0.191 e. The van der Waals surface area contributed by atoms with E-state index in [4.69, 9.17) is 5.73 Å². The number of rotatable bonds is 3. The van der Waals surface area contributed by atoms with Gasteiger partial charge in [-0.1, -0.05) is 29.3 Å². The number of aliphatic hydroxyl groups excluding tert-OH is 1. The number of nitrogens with two attached hydrogens (primary N) is 1. The van der Waals surface area contributed by atoms with Crippen molar-refractivity contribution in [3.63, 3.8) is 0 Å². The van der Waals surface area contributed by atoms with Crippen LogP contribution in [0.5, 0.6) is 0 Å². The lowest BCUT2D eigenvalue weighted by atomic mass is 10.0. The predicted octanol–water partition coefficient (Wildman–Crippen LogP) is 1.36. The highest BCUT2D eigenvalue weighted by molar-refractivity contribution is 5.78. The van der Waals surface area contributed by atoms with Crippen molar-refractivity contribution in [2.45, 2.75) is 26.4 Å². The van der Waals surface area contributed by atoms with Crippen LogP contribution in [-0.2, 0) is 0 Å². The van der Waals surface area contributed by atoms with Crippen molar-refractivity contribution >= 4 is 5.96 Å². The first-order valence-electron chi connectivity index (χ1n) is 6.37. The number of hydrogen-bond acceptors (Lipinski definition) is 2. The highest BCUT2D eigenvalue weighted by Crippen LogP contribution is 2.17. The van der Waals surface area contributed by atoms with Gasteiger partial charge in [-0.2, -0.15) is 0 Å². The van der Waals surface area contributed by atoms with E-state index in [1.165, 1.54) is 6.42 Å². The molecular formula is C14H21N3O. The Kier molecular flexibility index (Phi) is 3.87. The van der Waals surface area contributed by atoms with Crippen molar-refractivity contribution in [1.82, 2.24) is 4.90 Å². The molecule has 0 bridgehead atoms. The number of aliphatic hydroxyl groups is 1. The minimum absolute atomic E-state index is 0.325. The molecule has 98 valence electrons. The number of benzene rings is 1. The van der Waals surface area contributed by atoms with Gasteiger partial charge in [0.25, 0.3) is 0 Å². The fraction of sp³-hybridized carbons (Fsp3) is 0.500. The Hall–Kier alpha value is -1.55. The van der Waals surface area contributed by atoms with Crippen molar-refractivity contribution < 1.29 is 5.11 Å². The van der Waals surface area contributed by atoms with Crippen LogP contribution in [0.2, 0.25) is 0 Å². The molecule has 0 amide bonds. The van der Waals surface area contributed by atoms with Crippen molar-refractivity contribution in [2.75, 3.05) is 19.6 Å². The standard InChI is InChI=1S/C14H21N3O/c1-10-6-11(2)8-12(7-10)13(18)9-16-14(15)17-4-3-5-17/h6-8,13,18H,3-5,9H2,1-2H3,(H2,15,16). The van der Waals surface area contributed by atoms with Crippen LogP contribution >= 0.6 is 0 Å². The molecule has 1 unspecified atom stereocenters. The van der Waals surface area contributed by atoms with Crippen LogP contribution < -0.4 is 5.73 Å². The van der Waals surface area contributed by atoms with Gasteiger partial charge in [-0.25, -0.2) is 0 Å². The Balaban J connectivity index is 2.00. The molecule has 0 radical (unpaired) electrons. The minimum Gasteiger partial charge on any atom is -0.386 e. The van der Waals surface area contributed by atoms with E-state index in [2.05, 4.69) is 11.1 Å². The summed E-state index contributed by atoms with van der Waals surface area (Å²) in [7, 11) is 0. The van der Waals surface area contributed by atoms with Crippen LogP contribution in [0.15, 0.2) is 23.2 Å². The molecule has 1 aromatic rings. The van der Waals surface area contributed by atoms with E-state index in [0.717, 1.165) is 29.8 Å². The molecule has 0 saturated carbocycles. The van der Waals surface area contributed by atoms with Crippen LogP contribution in [0.4, 0.5) is 0 Å². The quantitative estimate of drug-likeness (QED) is 0.626. The van der Waals surface area contributed by atoms with E-state index in [0.29, 0.717) is 12.5 Å². The molecule has 4 heteroatoms. The molecule has 1 aliphatic heterocycles. The van der Waals surface area contributed by atoms with Crippen LogP contribution in [0.1, 0.15) is 29.2 Å². The molecule has 1 heterocycles. The Morgan fingerprint density at radius 2 is 1.94 bits per heavy atom. The zero-order chi connectivity index (χ0) is 13.1. The van der Waals surface area contributed by atoms with E-state index in [1.54, 1.807) is 0 Å². The summed E-state index contributed by atoms with van der Waals surface area (Å²) in [6.45, 7) is 6.34. The van der Waals surface area contributed by atoms with E-state index in [1.807, 2.05) is 30.9 Å². The Bertz CT molecular complexity index is 432. The highest BCUT2D eigenvalue weighted by Gasteiger charge is 2.16. The topological polar surface area (TPSA) is 61.9 Å². The Morgan fingerprint density at radius 1 is 1.33 bits per heavy atom. The number of aryl methyl sites for hydroxylation is 2. The SMILES string of the molecule is Cc1cc(C)cc(C(O)CN=C(N)N2CCC2)c1. The van der Waals surface area contributed by atoms with Crippen molar-refractivity contribution in [3.05, 3.63) is 34.9 Å². The number of aliphatic imine (C=N–C) groups is 1. The highest BCUT2D eigenvalue weighted by atomic mass is 16.3. The summed E-state index contributed by atoms with van der Waals surface area (Å²) < 4.78 is 0. The summed E-state index contributed by atoms with van der Waals surface area (Å²) >= 11 is 0. The minimum atomic E-state index is -0.580. The van der Waals surface area contributed by atoms with Crippen LogP contribution in [0.3, 0.4) is 0 Å². The summed E-state index contributed by atoms with van der Waals surface area (Å²) in [6.07, 6.45) is 0.596. The Labute approximate surface area is 108 Å². The fourth-order valence-corrected chi connectivity index (χ4v) is 2.13. The number of nitrogens with zero attached hydrogens (tertiary/aromatic N) is 2. The Morgan fingerprint density at radius 3 is 2.44 bits per heavy atom. The molecule has 4 nitrogen and oxygen atoms in total. The molecule has 1 atom stereocenters. The molecule has 3 N–H and O–H groups in total. The third-order valence-electron chi connectivity index (χ3n) is 3.24. The average Bonchev–Trinajstić information content (AvgIpc) is 2.22. The smallest absolute Gasteiger partial charge is 0.191 e. The summed E-state index contributed by atoms with van der Waals surface area (Å²) in [4.78, 5) is 6.27. The first-order chi connectivity index (χ1) is 8.56. The number of likely N-dealkylation sites (tertiary alicyclic amines) is 1. The molecule has 1 aromatic carbocycles. The van der Waals surface area contributed by atoms with Gasteiger partial charge in [0.05, 0.1) is 12.6 Å². The molecular weight excluding hydrogens is 226 g/mol. The third kappa shape index (κ3) is 3.01. The molecule has 1 saturated heterocycles. The number of guanidine groups is 1. The molecule has 18 heavy (non-hydrogen) atoms. The zero-order valence-corrected chi connectivity index (χ0v) is 11.1. The maximum atomic E-state index is 10.1. The third-order valence-corrected chi connectivity index (χ3v) is 3.24. The molecule has 1 fully saturated rings. The second kappa shape index (κ2) is 5.40. The lowest BCUT2D eigenvalue weighted by Crippen LogP contribution is -2.46. The normalized spacial score (nSPS) is 17.5. The summed E-state index contributed by atoms with van der Waals surface area (Å²) in [6, 6.07) is 6.08. The van der Waals surface area contributed by atoms with E-state index >= 15 is 0 Å². The van der Waals surface area contributed by atoms with Crippen LogP contribution in [0.25, 0.3) is 0 Å². The van der Waals surface area contributed by atoms with Crippen LogP contribution in [0, 0.1) is 13.8 Å². The molecule has 0 spiro atoms. The molecule has 0 aliphatic carbocycles. The van der Waals surface area contributed by atoms with Crippen molar-refractivity contribution in [1.29, 1.82) is 0 Å². The first kappa shape index (κ1) is 12.9. The average molecular weight is 247 g/mol. The number of hydrogen-bond donors (Lipinski definition) is 2. The molecule has 2 rings (SSSR count). The van der Waals surface area contributed by atoms with E-state index < -0.39 is 6.10 Å². The predicted molar refractivity (Wildman–Crippen MR) is 73.6 cm³/mol. The van der Waals surface area contributed by atoms with Crippen molar-refractivity contribution in [3.8, 4) is 0 Å². The monoisotopic (exact) mass is 247 g/mol.